The van der Waals surface area contributed by atoms with Gasteiger partial charge in [-0.15, -0.1) is 0 Å². The van der Waals surface area contributed by atoms with Crippen LogP contribution in [-0.4, -0.2) is 15.7 Å². The number of anilines is 1. The number of hydrogen-bond acceptors (Lipinski definition) is 4. The number of aromatic nitrogens is 2. The van der Waals surface area contributed by atoms with Crippen molar-refractivity contribution in [3.05, 3.63) is 95.7 Å². The van der Waals surface area contributed by atoms with E-state index in [-0.39, 0.29) is 18.3 Å². The van der Waals surface area contributed by atoms with E-state index in [1.165, 1.54) is 5.56 Å². The van der Waals surface area contributed by atoms with Gasteiger partial charge in [-0.1, -0.05) is 29.8 Å². The minimum atomic E-state index is -0.331. The Morgan fingerprint density at radius 3 is 2.76 bits per heavy atom. The van der Waals surface area contributed by atoms with E-state index in [4.69, 9.17) is 9.15 Å². The monoisotopic (exact) mass is 387 g/mol. The third kappa shape index (κ3) is 4.21. The Labute approximate surface area is 168 Å². The maximum absolute atomic E-state index is 12.6. The second-order valence-corrected chi connectivity index (χ2v) is 6.75. The number of benzene rings is 2. The lowest BCUT2D eigenvalue weighted by Gasteiger charge is -2.10. The number of hydrogen-bond donors (Lipinski definition) is 1. The number of carbonyl (C=O) groups excluding carboxylic acids is 1. The van der Waals surface area contributed by atoms with Crippen LogP contribution < -0.4 is 10.1 Å². The molecular formula is C23H21N3O3. The van der Waals surface area contributed by atoms with Crippen molar-refractivity contribution < 1.29 is 13.9 Å². The van der Waals surface area contributed by atoms with Gasteiger partial charge >= 0.3 is 0 Å². The predicted molar refractivity (Wildman–Crippen MR) is 110 cm³/mol. The molecule has 0 saturated carbocycles. The van der Waals surface area contributed by atoms with Gasteiger partial charge in [0.1, 0.15) is 18.1 Å². The van der Waals surface area contributed by atoms with Gasteiger partial charge in [0.05, 0.1) is 11.4 Å². The molecule has 6 nitrogen and oxygen atoms in total. The molecule has 146 valence electrons. The van der Waals surface area contributed by atoms with Crippen LogP contribution in [-0.2, 0) is 6.61 Å². The molecule has 0 spiro atoms. The Balaban J connectivity index is 1.44. The molecule has 4 aromatic rings. The van der Waals surface area contributed by atoms with Crippen molar-refractivity contribution >= 4 is 11.6 Å². The van der Waals surface area contributed by atoms with Crippen LogP contribution >= 0.6 is 0 Å². The summed E-state index contributed by atoms with van der Waals surface area (Å²) in [6.45, 7) is 4.29. The first-order valence-electron chi connectivity index (χ1n) is 9.29. The Morgan fingerprint density at radius 2 is 1.97 bits per heavy atom. The average Bonchev–Trinajstić information content (AvgIpc) is 3.40. The number of para-hydroxylation sites is 2. The zero-order valence-electron chi connectivity index (χ0n) is 16.3. The van der Waals surface area contributed by atoms with E-state index in [1.54, 1.807) is 23.0 Å². The zero-order valence-corrected chi connectivity index (χ0v) is 16.3. The Bertz CT molecular complexity index is 1130. The minimum absolute atomic E-state index is 0.222. The van der Waals surface area contributed by atoms with Crippen molar-refractivity contribution in [2.24, 2.45) is 0 Å². The molecule has 0 unspecified atom stereocenters. The van der Waals surface area contributed by atoms with Crippen LogP contribution in [0.1, 0.15) is 27.4 Å². The molecule has 6 heteroatoms. The average molecular weight is 387 g/mol. The van der Waals surface area contributed by atoms with Crippen LogP contribution in [0.5, 0.6) is 5.75 Å². The highest BCUT2D eigenvalue weighted by Crippen LogP contribution is 2.22. The molecule has 2 aromatic carbocycles. The van der Waals surface area contributed by atoms with Crippen molar-refractivity contribution in [2.45, 2.75) is 20.5 Å². The Morgan fingerprint density at radius 1 is 1.10 bits per heavy atom. The molecule has 4 rings (SSSR count). The van der Waals surface area contributed by atoms with Gasteiger partial charge in [-0.05, 0) is 55.8 Å². The smallest absolute Gasteiger partial charge is 0.291 e. The standard InChI is InChI=1S/C23H21N3O3/c1-16-8-10-21(17(2)14-16)28-15-18-9-11-22(29-18)23(27)25-19-6-3-4-7-20(19)26-13-5-12-24-26/h3-14H,15H2,1-2H3,(H,25,27). The van der Waals surface area contributed by atoms with Gasteiger partial charge in [0.15, 0.2) is 5.76 Å². The Kier molecular flexibility index (Phi) is 5.16. The lowest BCUT2D eigenvalue weighted by molar-refractivity contribution is 0.0992. The first-order chi connectivity index (χ1) is 14.1. The molecule has 0 fully saturated rings. The molecule has 2 heterocycles. The maximum Gasteiger partial charge on any atom is 0.291 e. The second-order valence-electron chi connectivity index (χ2n) is 6.75. The summed E-state index contributed by atoms with van der Waals surface area (Å²) in [6, 6.07) is 18.7. The molecule has 1 N–H and O–H groups in total. The van der Waals surface area contributed by atoms with Gasteiger partial charge in [-0.3, -0.25) is 4.79 Å². The quantitative estimate of drug-likeness (QED) is 0.510. The number of nitrogens with one attached hydrogen (secondary N) is 1. The van der Waals surface area contributed by atoms with E-state index in [9.17, 15) is 4.79 Å². The lowest BCUT2D eigenvalue weighted by atomic mass is 10.1. The zero-order chi connectivity index (χ0) is 20.2. The molecule has 0 atom stereocenters. The van der Waals surface area contributed by atoms with Gasteiger partial charge in [0.25, 0.3) is 5.91 Å². The first kappa shape index (κ1) is 18.6. The van der Waals surface area contributed by atoms with Crippen molar-refractivity contribution in [3.63, 3.8) is 0 Å². The van der Waals surface area contributed by atoms with Crippen LogP contribution in [0.15, 0.2) is 77.5 Å². The van der Waals surface area contributed by atoms with Crippen LogP contribution in [0.2, 0.25) is 0 Å². The molecule has 1 amide bonds. The predicted octanol–water partition coefficient (Wildman–Crippen LogP) is 4.91. The number of ether oxygens (including phenoxy) is 1. The number of amides is 1. The summed E-state index contributed by atoms with van der Waals surface area (Å²) in [5, 5.41) is 7.11. The molecule has 0 aliphatic carbocycles. The molecule has 0 saturated heterocycles. The van der Waals surface area contributed by atoms with Gasteiger partial charge in [0.2, 0.25) is 0 Å². The van der Waals surface area contributed by atoms with Gasteiger partial charge < -0.3 is 14.5 Å². The van der Waals surface area contributed by atoms with E-state index in [2.05, 4.69) is 16.5 Å². The van der Waals surface area contributed by atoms with Gasteiger partial charge in [-0.2, -0.15) is 5.10 Å². The summed E-state index contributed by atoms with van der Waals surface area (Å²) in [5.74, 6) is 1.27. The summed E-state index contributed by atoms with van der Waals surface area (Å²) in [7, 11) is 0. The maximum atomic E-state index is 12.6. The number of nitrogens with zero attached hydrogens (tertiary/aromatic N) is 2. The highest BCUT2D eigenvalue weighted by atomic mass is 16.5. The highest BCUT2D eigenvalue weighted by molar-refractivity contribution is 6.03. The molecule has 2 aromatic heterocycles. The summed E-state index contributed by atoms with van der Waals surface area (Å²) in [4.78, 5) is 12.6. The Hall–Kier alpha value is -3.80. The molecule has 0 aliphatic rings. The van der Waals surface area contributed by atoms with Crippen LogP contribution in [0.4, 0.5) is 5.69 Å². The normalized spacial score (nSPS) is 10.7. The molecule has 0 aliphatic heterocycles. The molecule has 0 radical (unpaired) electrons. The summed E-state index contributed by atoms with van der Waals surface area (Å²) < 4.78 is 13.2. The second kappa shape index (κ2) is 8.06. The topological polar surface area (TPSA) is 69.3 Å². The van der Waals surface area contributed by atoms with Crippen molar-refractivity contribution in [3.8, 4) is 11.4 Å². The summed E-state index contributed by atoms with van der Waals surface area (Å²) >= 11 is 0. The highest BCUT2D eigenvalue weighted by Gasteiger charge is 2.14. The number of carbonyl (C=O) groups is 1. The fourth-order valence-electron chi connectivity index (χ4n) is 3.06. The van der Waals surface area contributed by atoms with Gasteiger partial charge in [-0.25, -0.2) is 4.68 Å². The van der Waals surface area contributed by atoms with Crippen molar-refractivity contribution in [1.29, 1.82) is 0 Å². The summed E-state index contributed by atoms with van der Waals surface area (Å²) in [6.07, 6.45) is 3.51. The molecular weight excluding hydrogens is 366 g/mol. The SMILES string of the molecule is Cc1ccc(OCc2ccc(C(=O)Nc3ccccc3-n3cccn3)o2)c(C)c1. The minimum Gasteiger partial charge on any atom is -0.485 e. The number of furan rings is 1. The third-order valence-electron chi connectivity index (χ3n) is 4.49. The molecule has 29 heavy (non-hydrogen) atoms. The third-order valence-corrected chi connectivity index (χ3v) is 4.49. The van der Waals surface area contributed by atoms with E-state index in [0.717, 1.165) is 17.0 Å². The molecule has 0 bridgehead atoms. The number of aryl methyl sites for hydroxylation is 2. The largest absolute Gasteiger partial charge is 0.485 e. The first-order valence-corrected chi connectivity index (χ1v) is 9.29. The van der Waals surface area contributed by atoms with E-state index < -0.39 is 0 Å². The summed E-state index contributed by atoms with van der Waals surface area (Å²) in [5.41, 5.74) is 3.66. The van der Waals surface area contributed by atoms with Gasteiger partial charge in [0, 0.05) is 12.4 Å². The van der Waals surface area contributed by atoms with Crippen molar-refractivity contribution in [1.82, 2.24) is 9.78 Å². The fraction of sp³-hybridized carbons (Fsp3) is 0.130. The van der Waals surface area contributed by atoms with Crippen LogP contribution in [0, 0.1) is 13.8 Å². The van der Waals surface area contributed by atoms with E-state index in [1.807, 2.05) is 62.5 Å². The van der Waals surface area contributed by atoms with Crippen LogP contribution in [0.25, 0.3) is 5.69 Å². The number of rotatable bonds is 6. The van der Waals surface area contributed by atoms with Crippen LogP contribution in [0.3, 0.4) is 0 Å². The van der Waals surface area contributed by atoms with E-state index >= 15 is 0 Å². The lowest BCUT2D eigenvalue weighted by Crippen LogP contribution is -2.13. The van der Waals surface area contributed by atoms with Crippen molar-refractivity contribution in [2.75, 3.05) is 5.32 Å². The fourth-order valence-corrected chi connectivity index (χ4v) is 3.06. The van der Waals surface area contributed by atoms with E-state index in [0.29, 0.717) is 11.4 Å².